The standard InChI is InChI=1S/C14H20N2O2.C2H6/c1-10-8-12(9-18-10)16-7-6-14(13(16)17)4-2-11(15)3-5-14;1-2/h8,11H,1-7,9,15H2;1-2H3. The summed E-state index contributed by atoms with van der Waals surface area (Å²) >= 11 is 0. The van der Waals surface area contributed by atoms with Crippen molar-refractivity contribution in [2.45, 2.75) is 52.0 Å². The van der Waals surface area contributed by atoms with Gasteiger partial charge in [0, 0.05) is 18.7 Å². The third-order valence-corrected chi connectivity index (χ3v) is 4.58. The van der Waals surface area contributed by atoms with Crippen molar-refractivity contribution in [2.24, 2.45) is 11.1 Å². The molecule has 112 valence electrons. The van der Waals surface area contributed by atoms with Gasteiger partial charge >= 0.3 is 0 Å². The summed E-state index contributed by atoms with van der Waals surface area (Å²) in [5.74, 6) is 0.934. The summed E-state index contributed by atoms with van der Waals surface area (Å²) in [5.41, 5.74) is 6.77. The number of carbonyl (C=O) groups excluding carboxylic acids is 1. The lowest BCUT2D eigenvalue weighted by molar-refractivity contribution is -0.136. The summed E-state index contributed by atoms with van der Waals surface area (Å²) in [6.45, 7) is 9.06. The van der Waals surface area contributed by atoms with E-state index in [2.05, 4.69) is 6.58 Å². The van der Waals surface area contributed by atoms with Gasteiger partial charge in [0.15, 0.2) is 0 Å². The van der Waals surface area contributed by atoms with Gasteiger partial charge in [0.05, 0.1) is 11.1 Å². The molecule has 0 aromatic rings. The van der Waals surface area contributed by atoms with Crippen LogP contribution in [0.3, 0.4) is 0 Å². The molecule has 0 aromatic carbocycles. The summed E-state index contributed by atoms with van der Waals surface area (Å²) in [6, 6.07) is 0.284. The molecule has 0 unspecified atom stereocenters. The summed E-state index contributed by atoms with van der Waals surface area (Å²) in [6.07, 6.45) is 6.68. The van der Waals surface area contributed by atoms with Gasteiger partial charge in [0.1, 0.15) is 12.4 Å². The zero-order chi connectivity index (χ0) is 14.8. The van der Waals surface area contributed by atoms with Gasteiger partial charge in [-0.1, -0.05) is 20.4 Å². The molecule has 1 aliphatic carbocycles. The molecule has 2 aliphatic heterocycles. The highest BCUT2D eigenvalue weighted by Gasteiger charge is 2.49. The zero-order valence-electron chi connectivity index (χ0n) is 12.7. The number of nitrogens with two attached hydrogens (primary N) is 1. The maximum Gasteiger partial charge on any atom is 0.233 e. The number of hydrogen-bond acceptors (Lipinski definition) is 3. The van der Waals surface area contributed by atoms with E-state index in [1.807, 2.05) is 24.8 Å². The summed E-state index contributed by atoms with van der Waals surface area (Å²) in [7, 11) is 0. The van der Waals surface area contributed by atoms with Gasteiger partial charge in [-0.05, 0) is 32.1 Å². The molecule has 3 aliphatic rings. The molecule has 1 saturated heterocycles. The Bertz CT molecular complexity index is 420. The first-order valence-electron chi connectivity index (χ1n) is 7.71. The Morgan fingerprint density at radius 1 is 1.35 bits per heavy atom. The molecule has 2 N–H and O–H groups in total. The first kappa shape index (κ1) is 15.1. The average molecular weight is 278 g/mol. The molecule has 1 spiro atoms. The fourth-order valence-electron chi connectivity index (χ4n) is 3.34. The number of allylic oxidation sites excluding steroid dienone is 1. The highest BCUT2D eigenvalue weighted by molar-refractivity contribution is 5.86. The van der Waals surface area contributed by atoms with E-state index in [-0.39, 0.29) is 17.4 Å². The van der Waals surface area contributed by atoms with E-state index in [0.717, 1.165) is 44.3 Å². The molecule has 20 heavy (non-hydrogen) atoms. The number of likely N-dealkylation sites (tertiary alicyclic amines) is 1. The first-order chi connectivity index (χ1) is 9.61. The SMILES string of the molecule is C=C1C=C(N2CCC3(CCC(N)CC3)C2=O)CO1.CC. The maximum atomic E-state index is 12.6. The quantitative estimate of drug-likeness (QED) is 0.802. The second-order valence-corrected chi connectivity index (χ2v) is 5.72. The molecule has 1 saturated carbocycles. The highest BCUT2D eigenvalue weighted by atomic mass is 16.5. The molecule has 0 atom stereocenters. The zero-order valence-corrected chi connectivity index (χ0v) is 12.7. The fraction of sp³-hybridized carbons (Fsp3) is 0.688. The monoisotopic (exact) mass is 278 g/mol. The van der Waals surface area contributed by atoms with Crippen LogP contribution in [0.25, 0.3) is 0 Å². The molecule has 0 radical (unpaired) electrons. The van der Waals surface area contributed by atoms with Crippen molar-refractivity contribution in [3.63, 3.8) is 0 Å². The Balaban J connectivity index is 0.000000704. The van der Waals surface area contributed by atoms with Crippen molar-refractivity contribution in [2.75, 3.05) is 13.2 Å². The van der Waals surface area contributed by atoms with Crippen molar-refractivity contribution in [1.82, 2.24) is 4.90 Å². The molecule has 4 heteroatoms. The van der Waals surface area contributed by atoms with Crippen LogP contribution in [0.4, 0.5) is 0 Å². The van der Waals surface area contributed by atoms with E-state index in [4.69, 9.17) is 10.5 Å². The molecule has 1 amide bonds. The summed E-state index contributed by atoms with van der Waals surface area (Å²) in [4.78, 5) is 14.5. The van der Waals surface area contributed by atoms with Crippen molar-refractivity contribution in [3.8, 4) is 0 Å². The molecular formula is C16H26N2O2. The molecule has 4 nitrogen and oxygen atoms in total. The number of carbonyl (C=O) groups is 1. The lowest BCUT2D eigenvalue weighted by Crippen LogP contribution is -2.40. The Morgan fingerprint density at radius 3 is 2.55 bits per heavy atom. The Morgan fingerprint density at radius 2 is 2.00 bits per heavy atom. The summed E-state index contributed by atoms with van der Waals surface area (Å²) < 4.78 is 5.32. The van der Waals surface area contributed by atoms with Crippen molar-refractivity contribution in [3.05, 3.63) is 24.1 Å². The van der Waals surface area contributed by atoms with E-state index in [1.54, 1.807) is 0 Å². The molecule has 0 bridgehead atoms. The Hall–Kier alpha value is -1.29. The first-order valence-corrected chi connectivity index (χ1v) is 7.71. The Kier molecular flexibility index (Phi) is 4.53. The predicted molar refractivity (Wildman–Crippen MR) is 79.7 cm³/mol. The second-order valence-electron chi connectivity index (χ2n) is 5.72. The van der Waals surface area contributed by atoms with Gasteiger partial charge in [0.2, 0.25) is 5.91 Å². The van der Waals surface area contributed by atoms with Crippen LogP contribution in [0.5, 0.6) is 0 Å². The number of rotatable bonds is 1. The fourth-order valence-corrected chi connectivity index (χ4v) is 3.34. The van der Waals surface area contributed by atoms with Crippen LogP contribution in [-0.4, -0.2) is 30.0 Å². The number of amides is 1. The second kappa shape index (κ2) is 6.00. The molecule has 3 rings (SSSR count). The smallest absolute Gasteiger partial charge is 0.233 e. The molecule has 2 fully saturated rings. The van der Waals surface area contributed by atoms with E-state index in [9.17, 15) is 4.79 Å². The molecule has 2 heterocycles. The highest BCUT2D eigenvalue weighted by Crippen LogP contribution is 2.45. The van der Waals surface area contributed by atoms with Crippen LogP contribution in [0, 0.1) is 5.41 Å². The van der Waals surface area contributed by atoms with Gasteiger partial charge in [-0.15, -0.1) is 0 Å². The average Bonchev–Trinajstić information content (AvgIpc) is 3.02. The van der Waals surface area contributed by atoms with Gasteiger partial charge in [-0.3, -0.25) is 4.79 Å². The van der Waals surface area contributed by atoms with Crippen molar-refractivity contribution < 1.29 is 9.53 Å². The topological polar surface area (TPSA) is 55.6 Å². The molecule has 0 aromatic heterocycles. The van der Waals surface area contributed by atoms with Gasteiger partial charge in [-0.2, -0.15) is 0 Å². The number of hydrogen-bond donors (Lipinski definition) is 1. The minimum atomic E-state index is -0.138. The Labute approximate surface area is 121 Å². The van der Waals surface area contributed by atoms with Crippen LogP contribution < -0.4 is 5.73 Å². The van der Waals surface area contributed by atoms with Crippen LogP contribution in [0.1, 0.15) is 46.0 Å². The lowest BCUT2D eigenvalue weighted by atomic mass is 9.71. The van der Waals surface area contributed by atoms with Gasteiger partial charge in [-0.25, -0.2) is 0 Å². The number of ether oxygens (including phenoxy) is 1. The minimum absolute atomic E-state index is 0.138. The number of nitrogens with zero attached hydrogens (tertiary/aromatic N) is 1. The van der Waals surface area contributed by atoms with Gasteiger partial charge in [0.25, 0.3) is 0 Å². The third kappa shape index (κ3) is 2.62. The van der Waals surface area contributed by atoms with Crippen molar-refractivity contribution in [1.29, 1.82) is 0 Å². The van der Waals surface area contributed by atoms with E-state index in [0.29, 0.717) is 12.4 Å². The summed E-state index contributed by atoms with van der Waals surface area (Å²) in [5, 5.41) is 0. The van der Waals surface area contributed by atoms with E-state index < -0.39 is 0 Å². The third-order valence-electron chi connectivity index (χ3n) is 4.58. The normalized spacial score (nSPS) is 32.9. The van der Waals surface area contributed by atoms with Crippen LogP contribution in [-0.2, 0) is 9.53 Å². The van der Waals surface area contributed by atoms with Crippen LogP contribution in [0.15, 0.2) is 24.1 Å². The van der Waals surface area contributed by atoms with Crippen molar-refractivity contribution >= 4 is 5.91 Å². The lowest BCUT2D eigenvalue weighted by Gasteiger charge is -2.34. The minimum Gasteiger partial charge on any atom is -0.488 e. The largest absolute Gasteiger partial charge is 0.488 e. The van der Waals surface area contributed by atoms with E-state index >= 15 is 0 Å². The van der Waals surface area contributed by atoms with E-state index in [1.165, 1.54) is 0 Å². The van der Waals surface area contributed by atoms with Crippen LogP contribution >= 0.6 is 0 Å². The molecular weight excluding hydrogens is 252 g/mol. The predicted octanol–water partition coefficient (Wildman–Crippen LogP) is 2.56. The maximum absolute atomic E-state index is 12.6. The van der Waals surface area contributed by atoms with Crippen LogP contribution in [0.2, 0.25) is 0 Å². The van der Waals surface area contributed by atoms with Gasteiger partial charge < -0.3 is 15.4 Å².